The Kier molecular flexibility index (Phi) is 4.32. The number of nitriles is 1. The molecule has 0 spiro atoms. The van der Waals surface area contributed by atoms with E-state index < -0.39 is 0 Å². The first kappa shape index (κ1) is 11.7. The van der Waals surface area contributed by atoms with Crippen LogP contribution >= 0.6 is 11.3 Å². The Balaban J connectivity index is 2.67. The second-order valence-corrected chi connectivity index (χ2v) is 4.56. The van der Waals surface area contributed by atoms with Gasteiger partial charge in [-0.25, -0.2) is 0 Å². The summed E-state index contributed by atoms with van der Waals surface area (Å²) in [5.74, 6) is -0.0964. The maximum atomic E-state index is 11.6. The number of hydrogen-bond acceptors (Lipinski definition) is 3. The third kappa shape index (κ3) is 3.37. The zero-order valence-corrected chi connectivity index (χ0v) is 9.75. The first-order valence-electron chi connectivity index (χ1n) is 4.84. The van der Waals surface area contributed by atoms with Gasteiger partial charge in [-0.15, -0.1) is 11.3 Å². The fraction of sp³-hybridized carbons (Fsp3) is 0.455. The monoisotopic (exact) mass is 222 g/mol. The molecular weight excluding hydrogens is 208 g/mol. The number of carbonyl (C=O) groups is 1. The summed E-state index contributed by atoms with van der Waals surface area (Å²) in [5.41, 5.74) is 0. The Hall–Kier alpha value is -1.34. The van der Waals surface area contributed by atoms with Crippen molar-refractivity contribution in [3.05, 3.63) is 22.4 Å². The van der Waals surface area contributed by atoms with Crippen LogP contribution in [0.3, 0.4) is 0 Å². The van der Waals surface area contributed by atoms with Crippen LogP contribution in [0, 0.1) is 11.3 Å². The molecule has 0 aliphatic carbocycles. The summed E-state index contributed by atoms with van der Waals surface area (Å²) < 4.78 is 0. The van der Waals surface area contributed by atoms with Gasteiger partial charge in [0.2, 0.25) is 5.91 Å². The lowest BCUT2D eigenvalue weighted by Gasteiger charge is -2.25. The third-order valence-electron chi connectivity index (χ3n) is 2.08. The lowest BCUT2D eigenvalue weighted by Crippen LogP contribution is -2.35. The predicted molar refractivity (Wildman–Crippen MR) is 60.2 cm³/mol. The van der Waals surface area contributed by atoms with Gasteiger partial charge in [0.1, 0.15) is 6.42 Å². The highest BCUT2D eigenvalue weighted by Gasteiger charge is 2.16. The van der Waals surface area contributed by atoms with Crippen LogP contribution in [0.2, 0.25) is 0 Å². The van der Waals surface area contributed by atoms with Gasteiger partial charge in [0.25, 0.3) is 0 Å². The Bertz CT molecular complexity index is 351. The van der Waals surface area contributed by atoms with E-state index in [1.165, 1.54) is 0 Å². The van der Waals surface area contributed by atoms with E-state index in [0.717, 1.165) is 4.88 Å². The van der Waals surface area contributed by atoms with Crippen molar-refractivity contribution in [1.82, 2.24) is 4.90 Å². The van der Waals surface area contributed by atoms with Crippen LogP contribution < -0.4 is 0 Å². The minimum Gasteiger partial charge on any atom is -0.334 e. The predicted octanol–water partition coefficient (Wildman–Crippen LogP) is 2.40. The average Bonchev–Trinajstić information content (AvgIpc) is 2.66. The van der Waals surface area contributed by atoms with Crippen LogP contribution in [-0.2, 0) is 11.3 Å². The molecule has 0 N–H and O–H groups in total. The quantitative estimate of drug-likeness (QED) is 0.785. The van der Waals surface area contributed by atoms with Crippen LogP contribution in [0.5, 0.6) is 0 Å². The Morgan fingerprint density at radius 1 is 1.67 bits per heavy atom. The molecule has 1 aromatic heterocycles. The summed E-state index contributed by atoms with van der Waals surface area (Å²) in [6.07, 6.45) is -0.0381. The molecule has 1 aromatic rings. The Labute approximate surface area is 93.9 Å². The van der Waals surface area contributed by atoms with Crippen molar-refractivity contribution in [2.24, 2.45) is 0 Å². The van der Waals surface area contributed by atoms with Gasteiger partial charge in [-0.05, 0) is 25.3 Å². The molecule has 3 nitrogen and oxygen atoms in total. The first-order chi connectivity index (χ1) is 7.15. The van der Waals surface area contributed by atoms with Crippen molar-refractivity contribution in [2.45, 2.75) is 32.9 Å². The van der Waals surface area contributed by atoms with Gasteiger partial charge in [0.05, 0.1) is 12.6 Å². The molecule has 80 valence electrons. The highest BCUT2D eigenvalue weighted by Crippen LogP contribution is 2.14. The molecule has 0 unspecified atom stereocenters. The molecule has 1 rings (SSSR count). The van der Waals surface area contributed by atoms with E-state index in [-0.39, 0.29) is 18.4 Å². The van der Waals surface area contributed by atoms with Gasteiger partial charge >= 0.3 is 0 Å². The van der Waals surface area contributed by atoms with Gasteiger partial charge in [-0.3, -0.25) is 4.79 Å². The molecule has 0 atom stereocenters. The van der Waals surface area contributed by atoms with Crippen molar-refractivity contribution >= 4 is 17.2 Å². The molecule has 0 radical (unpaired) electrons. The summed E-state index contributed by atoms with van der Waals surface area (Å²) in [6, 6.07) is 5.99. The van der Waals surface area contributed by atoms with Crippen LogP contribution in [0.1, 0.15) is 25.1 Å². The molecule has 0 aromatic carbocycles. The number of hydrogen-bond donors (Lipinski definition) is 0. The van der Waals surface area contributed by atoms with E-state index in [4.69, 9.17) is 5.26 Å². The zero-order chi connectivity index (χ0) is 11.3. The Morgan fingerprint density at radius 2 is 2.40 bits per heavy atom. The lowest BCUT2D eigenvalue weighted by atomic mass is 10.2. The highest BCUT2D eigenvalue weighted by molar-refractivity contribution is 7.09. The van der Waals surface area contributed by atoms with Crippen LogP contribution in [0.4, 0.5) is 0 Å². The molecular formula is C11H14N2OS. The highest BCUT2D eigenvalue weighted by atomic mass is 32.1. The molecule has 15 heavy (non-hydrogen) atoms. The Morgan fingerprint density at radius 3 is 2.87 bits per heavy atom. The van der Waals surface area contributed by atoms with E-state index in [2.05, 4.69) is 0 Å². The van der Waals surface area contributed by atoms with Crippen LogP contribution in [0.25, 0.3) is 0 Å². The van der Waals surface area contributed by atoms with Gasteiger partial charge in [0, 0.05) is 10.9 Å². The molecule has 0 fully saturated rings. The lowest BCUT2D eigenvalue weighted by molar-refractivity contribution is -0.132. The second-order valence-electron chi connectivity index (χ2n) is 3.53. The van der Waals surface area contributed by atoms with E-state index in [9.17, 15) is 4.79 Å². The van der Waals surface area contributed by atoms with Gasteiger partial charge in [0.15, 0.2) is 0 Å². The number of rotatable bonds is 4. The molecule has 4 heteroatoms. The van der Waals surface area contributed by atoms with Crippen molar-refractivity contribution in [2.75, 3.05) is 0 Å². The van der Waals surface area contributed by atoms with Crippen molar-refractivity contribution in [1.29, 1.82) is 5.26 Å². The van der Waals surface area contributed by atoms with Gasteiger partial charge in [-0.2, -0.15) is 5.26 Å². The number of carbonyl (C=O) groups excluding carboxylic acids is 1. The van der Waals surface area contributed by atoms with E-state index in [1.54, 1.807) is 16.2 Å². The van der Waals surface area contributed by atoms with Crippen molar-refractivity contribution < 1.29 is 4.79 Å². The smallest absolute Gasteiger partial charge is 0.237 e. The SMILES string of the molecule is CC(C)N(Cc1cccs1)C(=O)CC#N. The summed E-state index contributed by atoms with van der Waals surface area (Å²) in [7, 11) is 0. The van der Waals surface area contributed by atoms with Crippen LogP contribution in [-0.4, -0.2) is 16.8 Å². The molecule has 0 saturated heterocycles. The molecule has 0 aliphatic heterocycles. The molecule has 0 saturated carbocycles. The number of thiophene rings is 1. The standard InChI is InChI=1S/C11H14N2OS/c1-9(2)13(11(14)5-6-12)8-10-4-3-7-15-10/h3-4,7,9H,5,8H2,1-2H3. The fourth-order valence-electron chi connectivity index (χ4n) is 1.30. The summed E-state index contributed by atoms with van der Waals surface area (Å²) >= 11 is 1.63. The minimum atomic E-state index is -0.0964. The first-order valence-corrected chi connectivity index (χ1v) is 5.72. The topological polar surface area (TPSA) is 44.1 Å². The van der Waals surface area contributed by atoms with Crippen molar-refractivity contribution in [3.8, 4) is 6.07 Å². The molecule has 0 aliphatic rings. The van der Waals surface area contributed by atoms with Crippen molar-refractivity contribution in [3.63, 3.8) is 0 Å². The summed E-state index contributed by atoms with van der Waals surface area (Å²) in [6.45, 7) is 4.53. The van der Waals surface area contributed by atoms with E-state index >= 15 is 0 Å². The van der Waals surface area contributed by atoms with Gasteiger partial charge in [-0.1, -0.05) is 6.07 Å². The maximum absolute atomic E-state index is 11.6. The summed E-state index contributed by atoms with van der Waals surface area (Å²) in [4.78, 5) is 14.5. The fourth-order valence-corrected chi connectivity index (χ4v) is 2.00. The number of amides is 1. The average molecular weight is 222 g/mol. The molecule has 1 heterocycles. The maximum Gasteiger partial charge on any atom is 0.237 e. The number of nitrogens with zero attached hydrogens (tertiary/aromatic N) is 2. The molecule has 0 bridgehead atoms. The summed E-state index contributed by atoms with van der Waals surface area (Å²) in [5, 5.41) is 10.5. The molecule has 1 amide bonds. The van der Waals surface area contributed by atoms with Crippen LogP contribution in [0.15, 0.2) is 17.5 Å². The van der Waals surface area contributed by atoms with Gasteiger partial charge < -0.3 is 4.90 Å². The third-order valence-corrected chi connectivity index (χ3v) is 2.94. The minimum absolute atomic E-state index is 0.0381. The second kappa shape index (κ2) is 5.52. The zero-order valence-electron chi connectivity index (χ0n) is 8.93. The largest absolute Gasteiger partial charge is 0.334 e. The van der Waals surface area contributed by atoms with E-state index in [1.807, 2.05) is 37.4 Å². The normalized spacial score (nSPS) is 10.0. The van der Waals surface area contributed by atoms with E-state index in [0.29, 0.717) is 6.54 Å².